The average molecular weight is 275 g/mol. The number of hydrogen-bond acceptors (Lipinski definition) is 6. The van der Waals surface area contributed by atoms with Crippen molar-refractivity contribution in [1.82, 2.24) is 5.32 Å². The molecule has 0 heterocycles. The van der Waals surface area contributed by atoms with E-state index in [0.717, 1.165) is 0 Å². The van der Waals surface area contributed by atoms with E-state index in [0.29, 0.717) is 0 Å². The summed E-state index contributed by atoms with van der Waals surface area (Å²) in [4.78, 5) is 34.5. The third-order valence-corrected chi connectivity index (χ3v) is 1.85. The number of nitrogens with one attached hydrogen (secondary N) is 1. The number of esters is 2. The van der Waals surface area contributed by atoms with Gasteiger partial charge in [0.25, 0.3) is 0 Å². The predicted molar refractivity (Wildman–Crippen MR) is 66.4 cm³/mol. The van der Waals surface area contributed by atoms with E-state index in [1.54, 1.807) is 13.8 Å². The molecule has 0 spiro atoms. The summed E-state index contributed by atoms with van der Waals surface area (Å²) in [6.45, 7) is 7.29. The second-order valence-corrected chi connectivity index (χ2v) is 4.07. The summed E-state index contributed by atoms with van der Waals surface area (Å²) in [6, 6.07) is -1.50. The van der Waals surface area contributed by atoms with Gasteiger partial charge in [-0.3, -0.25) is 5.32 Å². The van der Waals surface area contributed by atoms with E-state index < -0.39 is 24.1 Å². The molecule has 1 amide bonds. The summed E-state index contributed by atoms with van der Waals surface area (Å²) >= 11 is 0. The normalized spacial score (nSPS) is 10.2. The molecule has 0 aliphatic carbocycles. The molecular weight excluding hydrogens is 254 g/mol. The SMILES string of the molecule is CCOC(=O)C(NC(=O)OCC(C)C)C(=O)OCC. The first kappa shape index (κ1) is 17.2. The molecule has 0 aromatic rings. The molecular formula is C12H21NO6. The molecule has 0 aliphatic rings. The van der Waals surface area contributed by atoms with E-state index in [2.05, 4.69) is 14.8 Å². The van der Waals surface area contributed by atoms with Crippen molar-refractivity contribution in [3.8, 4) is 0 Å². The van der Waals surface area contributed by atoms with Gasteiger partial charge in [-0.1, -0.05) is 13.8 Å². The molecule has 0 fully saturated rings. The van der Waals surface area contributed by atoms with Gasteiger partial charge in [-0.25, -0.2) is 14.4 Å². The molecule has 0 bridgehead atoms. The monoisotopic (exact) mass is 275 g/mol. The molecule has 0 aromatic heterocycles. The lowest BCUT2D eigenvalue weighted by atomic mass is 10.2. The van der Waals surface area contributed by atoms with E-state index in [1.807, 2.05) is 13.8 Å². The molecule has 1 N–H and O–H groups in total. The van der Waals surface area contributed by atoms with E-state index in [9.17, 15) is 14.4 Å². The minimum Gasteiger partial charge on any atom is -0.464 e. The lowest BCUT2D eigenvalue weighted by Crippen LogP contribution is -2.48. The van der Waals surface area contributed by atoms with Gasteiger partial charge in [0, 0.05) is 0 Å². The molecule has 7 heteroatoms. The molecule has 19 heavy (non-hydrogen) atoms. The zero-order valence-corrected chi connectivity index (χ0v) is 11.7. The molecule has 0 unspecified atom stereocenters. The highest BCUT2D eigenvalue weighted by Crippen LogP contribution is 1.97. The quantitative estimate of drug-likeness (QED) is 0.421. The highest BCUT2D eigenvalue weighted by Gasteiger charge is 2.31. The molecule has 7 nitrogen and oxygen atoms in total. The van der Waals surface area contributed by atoms with E-state index >= 15 is 0 Å². The largest absolute Gasteiger partial charge is 0.464 e. The Kier molecular flexibility index (Phi) is 8.32. The molecule has 110 valence electrons. The fraction of sp³-hybridized carbons (Fsp3) is 0.750. The van der Waals surface area contributed by atoms with Gasteiger partial charge in [-0.2, -0.15) is 0 Å². The summed E-state index contributed by atoms with van der Waals surface area (Å²) in [5.74, 6) is -1.60. The number of alkyl carbamates (subject to hydrolysis) is 1. The average Bonchev–Trinajstić information content (AvgIpc) is 2.33. The maximum Gasteiger partial charge on any atom is 0.408 e. The van der Waals surface area contributed by atoms with Crippen LogP contribution < -0.4 is 5.32 Å². The molecule has 0 saturated heterocycles. The van der Waals surface area contributed by atoms with Crippen LogP contribution >= 0.6 is 0 Å². The molecule has 0 radical (unpaired) electrons. The van der Waals surface area contributed by atoms with Crippen LogP contribution in [0.2, 0.25) is 0 Å². The molecule has 0 rings (SSSR count). The van der Waals surface area contributed by atoms with Gasteiger partial charge in [0.1, 0.15) is 0 Å². The third-order valence-electron chi connectivity index (χ3n) is 1.85. The Hall–Kier alpha value is -1.79. The fourth-order valence-corrected chi connectivity index (χ4v) is 1.07. The van der Waals surface area contributed by atoms with Crippen molar-refractivity contribution in [2.45, 2.75) is 33.7 Å². The minimum atomic E-state index is -1.50. The fourth-order valence-electron chi connectivity index (χ4n) is 1.07. The van der Waals surface area contributed by atoms with Gasteiger partial charge in [-0.15, -0.1) is 0 Å². The Morgan fingerprint density at radius 2 is 1.42 bits per heavy atom. The zero-order chi connectivity index (χ0) is 14.8. The van der Waals surface area contributed by atoms with Gasteiger partial charge in [0.05, 0.1) is 19.8 Å². The van der Waals surface area contributed by atoms with Crippen LogP contribution in [-0.2, 0) is 23.8 Å². The first-order valence-electron chi connectivity index (χ1n) is 6.18. The van der Waals surface area contributed by atoms with Crippen molar-refractivity contribution in [3.63, 3.8) is 0 Å². The first-order valence-corrected chi connectivity index (χ1v) is 6.18. The number of rotatable bonds is 7. The first-order chi connectivity index (χ1) is 8.92. The summed E-state index contributed by atoms with van der Waals surface area (Å²) < 4.78 is 14.2. The number of amides is 1. The standard InChI is InChI=1S/C12H21NO6/c1-5-17-10(14)9(11(15)18-6-2)13-12(16)19-7-8(3)4/h8-9H,5-7H2,1-4H3,(H,13,16). The third kappa shape index (κ3) is 7.28. The van der Waals surface area contributed by atoms with Crippen LogP contribution in [0.3, 0.4) is 0 Å². The Labute approximate surface area is 112 Å². The Morgan fingerprint density at radius 1 is 0.947 bits per heavy atom. The van der Waals surface area contributed by atoms with Gasteiger partial charge in [0.2, 0.25) is 6.04 Å². The number of ether oxygens (including phenoxy) is 3. The highest BCUT2D eigenvalue weighted by molar-refractivity contribution is 6.01. The summed E-state index contributed by atoms with van der Waals surface area (Å²) in [5.41, 5.74) is 0. The number of hydrogen-bond donors (Lipinski definition) is 1. The number of carbonyl (C=O) groups is 3. The lowest BCUT2D eigenvalue weighted by molar-refractivity contribution is -0.157. The van der Waals surface area contributed by atoms with Gasteiger partial charge in [-0.05, 0) is 19.8 Å². The van der Waals surface area contributed by atoms with Gasteiger partial charge in [0.15, 0.2) is 0 Å². The lowest BCUT2D eigenvalue weighted by Gasteiger charge is -2.16. The zero-order valence-electron chi connectivity index (χ0n) is 11.7. The van der Waals surface area contributed by atoms with Crippen molar-refractivity contribution in [2.75, 3.05) is 19.8 Å². The topological polar surface area (TPSA) is 90.9 Å². The summed E-state index contributed by atoms with van der Waals surface area (Å²) in [7, 11) is 0. The maximum atomic E-state index is 11.5. The highest BCUT2D eigenvalue weighted by atomic mass is 16.6. The molecule has 0 aliphatic heterocycles. The Bertz CT molecular complexity index is 297. The van der Waals surface area contributed by atoms with Crippen LogP contribution in [0.15, 0.2) is 0 Å². The van der Waals surface area contributed by atoms with Crippen molar-refractivity contribution < 1.29 is 28.6 Å². The van der Waals surface area contributed by atoms with Crippen molar-refractivity contribution in [2.24, 2.45) is 5.92 Å². The number of carbonyl (C=O) groups excluding carboxylic acids is 3. The second-order valence-electron chi connectivity index (χ2n) is 4.07. The van der Waals surface area contributed by atoms with Crippen LogP contribution in [0.5, 0.6) is 0 Å². The maximum absolute atomic E-state index is 11.5. The van der Waals surface area contributed by atoms with Gasteiger partial charge < -0.3 is 14.2 Å². The van der Waals surface area contributed by atoms with Crippen molar-refractivity contribution >= 4 is 18.0 Å². The van der Waals surface area contributed by atoms with Crippen molar-refractivity contribution in [1.29, 1.82) is 0 Å². The van der Waals surface area contributed by atoms with Crippen LogP contribution in [0, 0.1) is 5.92 Å². The smallest absolute Gasteiger partial charge is 0.408 e. The summed E-state index contributed by atoms with van der Waals surface area (Å²) in [5, 5.41) is 2.13. The van der Waals surface area contributed by atoms with E-state index in [1.165, 1.54) is 0 Å². The van der Waals surface area contributed by atoms with Crippen molar-refractivity contribution in [3.05, 3.63) is 0 Å². The van der Waals surface area contributed by atoms with Crippen LogP contribution in [-0.4, -0.2) is 43.9 Å². The Balaban J connectivity index is 4.53. The predicted octanol–water partition coefficient (Wildman–Crippen LogP) is 0.863. The van der Waals surface area contributed by atoms with E-state index in [4.69, 9.17) is 4.74 Å². The van der Waals surface area contributed by atoms with Crippen LogP contribution in [0.4, 0.5) is 4.79 Å². The molecule has 0 aromatic carbocycles. The molecule has 0 atom stereocenters. The van der Waals surface area contributed by atoms with Crippen LogP contribution in [0.25, 0.3) is 0 Å². The Morgan fingerprint density at radius 3 is 1.79 bits per heavy atom. The molecule has 0 saturated carbocycles. The minimum absolute atomic E-state index is 0.0947. The van der Waals surface area contributed by atoms with Gasteiger partial charge >= 0.3 is 18.0 Å². The summed E-state index contributed by atoms with van der Waals surface area (Å²) in [6.07, 6.45) is -0.861. The van der Waals surface area contributed by atoms with E-state index in [-0.39, 0.29) is 25.7 Å². The second kappa shape index (κ2) is 9.18. The van der Waals surface area contributed by atoms with Crippen LogP contribution in [0.1, 0.15) is 27.7 Å².